The van der Waals surface area contributed by atoms with Crippen LogP contribution < -0.4 is 10.6 Å². The summed E-state index contributed by atoms with van der Waals surface area (Å²) in [5.74, 6) is -0.511. The minimum atomic E-state index is -0.298. The van der Waals surface area contributed by atoms with Gasteiger partial charge in [-0.05, 0) is 66.8 Å². The Morgan fingerprint density at radius 1 is 1.18 bits per heavy atom. The minimum Gasteiger partial charge on any atom is -0.350 e. The summed E-state index contributed by atoms with van der Waals surface area (Å²) in [6.45, 7) is 3.78. The molecule has 0 saturated heterocycles. The van der Waals surface area contributed by atoms with Gasteiger partial charge in [-0.2, -0.15) is 0 Å². The third-order valence-electron chi connectivity index (χ3n) is 2.82. The first-order valence-electron chi connectivity index (χ1n) is 6.79. The molecular formula is C16H16IN3O2. The van der Waals surface area contributed by atoms with Crippen molar-refractivity contribution in [3.63, 3.8) is 0 Å². The maximum atomic E-state index is 12.3. The lowest BCUT2D eigenvalue weighted by Gasteiger charge is -2.13. The van der Waals surface area contributed by atoms with Gasteiger partial charge in [-0.25, -0.2) is 0 Å². The fraction of sp³-hybridized carbons (Fsp3) is 0.188. The predicted molar refractivity (Wildman–Crippen MR) is 94.0 cm³/mol. The molecule has 0 bridgehead atoms. The SMILES string of the molecule is CC(C)NC(=O)c1cc(I)ccc1NC(=O)c1cccnc1. The third kappa shape index (κ3) is 4.27. The number of rotatable bonds is 4. The first-order valence-corrected chi connectivity index (χ1v) is 7.87. The lowest BCUT2D eigenvalue weighted by Crippen LogP contribution is -2.31. The number of amides is 2. The van der Waals surface area contributed by atoms with Crippen molar-refractivity contribution < 1.29 is 9.59 Å². The summed E-state index contributed by atoms with van der Waals surface area (Å²) >= 11 is 2.13. The van der Waals surface area contributed by atoms with Crippen LogP contribution in [0.25, 0.3) is 0 Å². The van der Waals surface area contributed by atoms with Gasteiger partial charge in [0.2, 0.25) is 0 Å². The highest BCUT2D eigenvalue weighted by Gasteiger charge is 2.15. The minimum absolute atomic E-state index is 0.0206. The summed E-state index contributed by atoms with van der Waals surface area (Å²) in [6, 6.07) is 8.69. The van der Waals surface area contributed by atoms with Gasteiger partial charge in [0, 0.05) is 22.0 Å². The number of carbonyl (C=O) groups is 2. The number of pyridine rings is 1. The van der Waals surface area contributed by atoms with Gasteiger partial charge >= 0.3 is 0 Å². The predicted octanol–water partition coefficient (Wildman–Crippen LogP) is 3.08. The van der Waals surface area contributed by atoms with Crippen LogP contribution in [0.15, 0.2) is 42.7 Å². The first kappa shape index (κ1) is 16.4. The summed E-state index contributed by atoms with van der Waals surface area (Å²) in [6.07, 6.45) is 3.08. The van der Waals surface area contributed by atoms with E-state index in [4.69, 9.17) is 0 Å². The van der Waals surface area contributed by atoms with E-state index < -0.39 is 0 Å². The van der Waals surface area contributed by atoms with E-state index in [1.165, 1.54) is 6.20 Å². The maximum absolute atomic E-state index is 12.3. The highest BCUT2D eigenvalue weighted by atomic mass is 127. The molecule has 2 aromatic rings. The van der Waals surface area contributed by atoms with Gasteiger partial charge in [0.1, 0.15) is 0 Å². The molecule has 6 heteroatoms. The number of hydrogen-bond acceptors (Lipinski definition) is 3. The Morgan fingerprint density at radius 3 is 2.59 bits per heavy atom. The molecule has 0 atom stereocenters. The van der Waals surface area contributed by atoms with E-state index in [0.29, 0.717) is 16.8 Å². The Kier molecular flexibility index (Phi) is 5.48. The molecule has 114 valence electrons. The second kappa shape index (κ2) is 7.35. The topological polar surface area (TPSA) is 71.1 Å². The zero-order valence-electron chi connectivity index (χ0n) is 12.3. The van der Waals surface area contributed by atoms with E-state index in [1.54, 1.807) is 30.5 Å². The molecule has 2 N–H and O–H groups in total. The summed E-state index contributed by atoms with van der Waals surface area (Å²) < 4.78 is 0.922. The lowest BCUT2D eigenvalue weighted by molar-refractivity contribution is 0.0944. The van der Waals surface area contributed by atoms with Crippen LogP contribution in [0, 0.1) is 3.57 Å². The maximum Gasteiger partial charge on any atom is 0.257 e. The molecule has 0 fully saturated rings. The van der Waals surface area contributed by atoms with Gasteiger partial charge in [-0.15, -0.1) is 0 Å². The normalized spacial score (nSPS) is 10.4. The summed E-state index contributed by atoms with van der Waals surface area (Å²) in [4.78, 5) is 28.4. The Balaban J connectivity index is 2.27. The van der Waals surface area contributed by atoms with Gasteiger partial charge in [0.25, 0.3) is 11.8 Å². The van der Waals surface area contributed by atoms with Crippen molar-refractivity contribution in [2.24, 2.45) is 0 Å². The number of carbonyl (C=O) groups excluding carboxylic acids is 2. The Labute approximate surface area is 142 Å². The summed E-state index contributed by atoms with van der Waals surface area (Å²) in [7, 11) is 0. The van der Waals surface area contributed by atoms with Crippen LogP contribution in [0.4, 0.5) is 5.69 Å². The number of anilines is 1. The lowest BCUT2D eigenvalue weighted by atomic mass is 10.1. The van der Waals surface area contributed by atoms with Crippen molar-refractivity contribution in [3.05, 3.63) is 57.4 Å². The second-order valence-corrected chi connectivity index (χ2v) is 6.26. The van der Waals surface area contributed by atoms with Crippen molar-refractivity contribution in [3.8, 4) is 0 Å². The standard InChI is InChI=1S/C16H16IN3O2/c1-10(2)19-16(22)13-8-12(17)5-6-14(13)20-15(21)11-4-3-7-18-9-11/h3-10H,1-2H3,(H,19,22)(H,20,21). The number of nitrogens with zero attached hydrogens (tertiary/aromatic N) is 1. The van der Waals surface area contributed by atoms with E-state index >= 15 is 0 Å². The monoisotopic (exact) mass is 409 g/mol. The molecule has 2 amide bonds. The molecule has 5 nitrogen and oxygen atoms in total. The quantitative estimate of drug-likeness (QED) is 0.763. The van der Waals surface area contributed by atoms with Crippen LogP contribution in [0.1, 0.15) is 34.6 Å². The van der Waals surface area contributed by atoms with Gasteiger partial charge in [0.15, 0.2) is 0 Å². The summed E-state index contributed by atoms with van der Waals surface area (Å²) in [5, 5.41) is 5.60. The average molecular weight is 409 g/mol. The zero-order valence-corrected chi connectivity index (χ0v) is 14.4. The van der Waals surface area contributed by atoms with E-state index in [9.17, 15) is 9.59 Å². The van der Waals surface area contributed by atoms with Crippen LogP contribution >= 0.6 is 22.6 Å². The molecule has 0 aliphatic heterocycles. The molecular weight excluding hydrogens is 393 g/mol. The number of nitrogens with one attached hydrogen (secondary N) is 2. The van der Waals surface area contributed by atoms with Crippen LogP contribution in [0.2, 0.25) is 0 Å². The molecule has 0 saturated carbocycles. The molecule has 0 spiro atoms. The van der Waals surface area contributed by atoms with E-state index in [2.05, 4.69) is 38.2 Å². The summed E-state index contributed by atoms with van der Waals surface area (Å²) in [5.41, 5.74) is 1.36. The number of benzene rings is 1. The fourth-order valence-corrected chi connectivity index (χ4v) is 2.34. The van der Waals surface area contributed by atoms with Gasteiger partial charge in [-0.3, -0.25) is 14.6 Å². The van der Waals surface area contributed by atoms with Crippen LogP contribution in [-0.2, 0) is 0 Å². The molecule has 0 aliphatic rings. The Bertz CT molecular complexity index is 687. The zero-order chi connectivity index (χ0) is 16.1. The second-order valence-electron chi connectivity index (χ2n) is 5.01. The van der Waals surface area contributed by atoms with Crippen molar-refractivity contribution in [1.29, 1.82) is 0 Å². The average Bonchev–Trinajstić information content (AvgIpc) is 2.49. The van der Waals surface area contributed by atoms with E-state index in [1.807, 2.05) is 19.9 Å². The van der Waals surface area contributed by atoms with Crippen LogP contribution in [0.5, 0.6) is 0 Å². The van der Waals surface area contributed by atoms with Crippen molar-refractivity contribution >= 4 is 40.1 Å². The largest absolute Gasteiger partial charge is 0.350 e. The number of aromatic nitrogens is 1. The molecule has 22 heavy (non-hydrogen) atoms. The van der Waals surface area contributed by atoms with Crippen molar-refractivity contribution in [1.82, 2.24) is 10.3 Å². The first-order chi connectivity index (χ1) is 10.5. The van der Waals surface area contributed by atoms with Gasteiger partial charge in [0.05, 0.1) is 16.8 Å². The van der Waals surface area contributed by atoms with Crippen molar-refractivity contribution in [2.75, 3.05) is 5.32 Å². The third-order valence-corrected chi connectivity index (χ3v) is 3.49. The van der Waals surface area contributed by atoms with Crippen molar-refractivity contribution in [2.45, 2.75) is 19.9 Å². The highest BCUT2D eigenvalue weighted by molar-refractivity contribution is 14.1. The van der Waals surface area contributed by atoms with E-state index in [0.717, 1.165) is 3.57 Å². The molecule has 0 aliphatic carbocycles. The van der Waals surface area contributed by atoms with Gasteiger partial charge < -0.3 is 10.6 Å². The van der Waals surface area contributed by atoms with E-state index in [-0.39, 0.29) is 17.9 Å². The molecule has 1 aromatic carbocycles. The Morgan fingerprint density at radius 2 is 1.95 bits per heavy atom. The number of halogens is 1. The van der Waals surface area contributed by atoms with Crippen LogP contribution in [0.3, 0.4) is 0 Å². The van der Waals surface area contributed by atoms with Crippen LogP contribution in [-0.4, -0.2) is 22.8 Å². The molecule has 0 radical (unpaired) electrons. The molecule has 1 heterocycles. The highest BCUT2D eigenvalue weighted by Crippen LogP contribution is 2.20. The fourth-order valence-electron chi connectivity index (χ4n) is 1.84. The Hall–Kier alpha value is -1.96. The molecule has 2 rings (SSSR count). The number of hydrogen-bond donors (Lipinski definition) is 2. The van der Waals surface area contributed by atoms with Gasteiger partial charge in [-0.1, -0.05) is 0 Å². The smallest absolute Gasteiger partial charge is 0.257 e. The molecule has 1 aromatic heterocycles. The molecule has 0 unspecified atom stereocenters.